The zero-order valence-corrected chi connectivity index (χ0v) is 20.9. The minimum absolute atomic E-state index is 0.00668. The number of halogens is 3. The van der Waals surface area contributed by atoms with Crippen LogP contribution in [0.5, 0.6) is 17.2 Å². The highest BCUT2D eigenvalue weighted by atomic mass is 35.5. The Kier molecular flexibility index (Phi) is 7.10. The highest BCUT2D eigenvalue weighted by Crippen LogP contribution is 2.48. The van der Waals surface area contributed by atoms with Gasteiger partial charge in [-0.2, -0.15) is 0 Å². The molecule has 1 aliphatic rings. The molecule has 7 nitrogen and oxygen atoms in total. The lowest BCUT2D eigenvalue weighted by Gasteiger charge is -2.26. The highest BCUT2D eigenvalue weighted by Gasteiger charge is 2.47. The Bertz CT molecular complexity index is 1390. The van der Waals surface area contributed by atoms with Crippen molar-refractivity contribution in [2.24, 2.45) is 0 Å². The number of aliphatic hydroxyl groups excluding tert-OH is 1. The van der Waals surface area contributed by atoms with Crippen LogP contribution in [0.3, 0.4) is 0 Å². The van der Waals surface area contributed by atoms with Gasteiger partial charge >= 0.3 is 0 Å². The van der Waals surface area contributed by atoms with Gasteiger partial charge in [0.05, 0.1) is 43.5 Å². The first-order chi connectivity index (χ1) is 17.2. The van der Waals surface area contributed by atoms with E-state index in [4.69, 9.17) is 37.4 Å². The Morgan fingerprint density at radius 3 is 2.22 bits per heavy atom. The number of benzene rings is 3. The fourth-order valence-corrected chi connectivity index (χ4v) is 4.81. The second kappa shape index (κ2) is 10.1. The van der Waals surface area contributed by atoms with Gasteiger partial charge < -0.3 is 19.3 Å². The monoisotopic (exact) mass is 531 g/mol. The largest absolute Gasteiger partial charge is 0.507 e. The Labute approximate surface area is 216 Å². The molecule has 1 atom stereocenters. The first-order valence-electron chi connectivity index (χ1n) is 10.5. The van der Waals surface area contributed by atoms with Crippen LogP contribution in [0.4, 0.5) is 10.1 Å². The number of ether oxygens (including phenoxy) is 3. The van der Waals surface area contributed by atoms with E-state index in [2.05, 4.69) is 0 Å². The number of nitrogens with zero attached hydrogens (tertiary/aromatic N) is 1. The average Bonchev–Trinajstić information content (AvgIpc) is 3.14. The third kappa shape index (κ3) is 4.23. The number of rotatable bonds is 6. The number of hydrogen-bond acceptors (Lipinski definition) is 6. The number of amides is 1. The van der Waals surface area contributed by atoms with Gasteiger partial charge in [-0.15, -0.1) is 0 Å². The van der Waals surface area contributed by atoms with Crippen LogP contribution in [0.2, 0.25) is 10.0 Å². The molecule has 0 saturated carbocycles. The number of carbonyl (C=O) groups is 2. The average molecular weight is 532 g/mol. The van der Waals surface area contributed by atoms with Gasteiger partial charge in [-0.25, -0.2) is 4.39 Å². The van der Waals surface area contributed by atoms with Crippen molar-refractivity contribution in [1.29, 1.82) is 0 Å². The van der Waals surface area contributed by atoms with Crippen molar-refractivity contribution in [3.63, 3.8) is 0 Å². The normalized spacial score (nSPS) is 16.8. The zero-order valence-electron chi connectivity index (χ0n) is 19.3. The van der Waals surface area contributed by atoms with Gasteiger partial charge in [0.1, 0.15) is 22.3 Å². The number of anilines is 1. The van der Waals surface area contributed by atoms with Crippen LogP contribution in [0.15, 0.2) is 60.2 Å². The predicted molar refractivity (Wildman–Crippen MR) is 134 cm³/mol. The molecule has 186 valence electrons. The third-order valence-corrected chi connectivity index (χ3v) is 6.38. The van der Waals surface area contributed by atoms with Crippen molar-refractivity contribution in [1.82, 2.24) is 0 Å². The molecule has 36 heavy (non-hydrogen) atoms. The second-order valence-electron chi connectivity index (χ2n) is 7.71. The number of Topliss-reactive ketones (excluding diaryl/α,β-unsaturated/α-hetero) is 1. The molecule has 0 aliphatic carbocycles. The lowest BCUT2D eigenvalue weighted by Crippen LogP contribution is -2.29. The molecule has 1 aliphatic heterocycles. The van der Waals surface area contributed by atoms with Crippen LogP contribution >= 0.6 is 23.2 Å². The standard InChI is InChI=1S/C26H20Cl2FNO6/c1-34-16-6-4-5-13(11-16)21-19(23(32)26(33)30(21)15-9-7-14(29)8-10-15)22(31)17-12-18(27)25(36-3)20(28)24(17)35-2/h4-12,21,31H,1-3H3/b22-19+. The predicted octanol–water partition coefficient (Wildman–Crippen LogP) is 5.78. The summed E-state index contributed by atoms with van der Waals surface area (Å²) < 4.78 is 29.5. The quantitative estimate of drug-likeness (QED) is 0.246. The van der Waals surface area contributed by atoms with Crippen LogP contribution < -0.4 is 19.1 Å². The van der Waals surface area contributed by atoms with E-state index in [1.165, 1.54) is 56.6 Å². The van der Waals surface area contributed by atoms with Crippen LogP contribution in [0.25, 0.3) is 5.76 Å². The smallest absolute Gasteiger partial charge is 0.300 e. The summed E-state index contributed by atoms with van der Waals surface area (Å²) in [5.74, 6) is -2.38. The summed E-state index contributed by atoms with van der Waals surface area (Å²) in [7, 11) is 4.16. The molecule has 1 N–H and O–H groups in total. The van der Waals surface area contributed by atoms with Crippen molar-refractivity contribution >= 4 is 46.3 Å². The molecule has 1 heterocycles. The lowest BCUT2D eigenvalue weighted by atomic mass is 9.94. The maximum absolute atomic E-state index is 13.6. The molecule has 1 fully saturated rings. The fourth-order valence-electron chi connectivity index (χ4n) is 4.12. The van der Waals surface area contributed by atoms with Crippen molar-refractivity contribution in [2.45, 2.75) is 6.04 Å². The molecule has 1 unspecified atom stereocenters. The number of methoxy groups -OCH3 is 3. The number of aliphatic hydroxyl groups is 1. The summed E-state index contributed by atoms with van der Waals surface area (Å²) in [6.45, 7) is 0. The van der Waals surface area contributed by atoms with Crippen LogP contribution in [-0.2, 0) is 9.59 Å². The molecular formula is C26H20Cl2FNO6. The van der Waals surface area contributed by atoms with E-state index in [1.807, 2.05) is 0 Å². The van der Waals surface area contributed by atoms with Crippen LogP contribution in [0.1, 0.15) is 17.2 Å². The zero-order chi connectivity index (χ0) is 26.1. The van der Waals surface area contributed by atoms with Gasteiger partial charge in [-0.3, -0.25) is 14.5 Å². The molecule has 3 aromatic rings. The van der Waals surface area contributed by atoms with E-state index in [-0.39, 0.29) is 38.4 Å². The Morgan fingerprint density at radius 2 is 1.61 bits per heavy atom. The van der Waals surface area contributed by atoms with Gasteiger partial charge in [0.25, 0.3) is 11.7 Å². The molecule has 0 spiro atoms. The van der Waals surface area contributed by atoms with E-state index in [0.717, 1.165) is 0 Å². The molecule has 4 rings (SSSR count). The van der Waals surface area contributed by atoms with E-state index >= 15 is 0 Å². The Balaban J connectivity index is 2.02. The maximum atomic E-state index is 13.6. The molecule has 3 aromatic carbocycles. The summed E-state index contributed by atoms with van der Waals surface area (Å²) in [5, 5.41) is 11.5. The lowest BCUT2D eigenvalue weighted by molar-refractivity contribution is -0.132. The summed E-state index contributed by atoms with van der Waals surface area (Å²) >= 11 is 12.7. The Hall–Kier alpha value is -3.75. The van der Waals surface area contributed by atoms with Gasteiger partial charge in [0.15, 0.2) is 11.5 Å². The molecule has 0 aromatic heterocycles. The van der Waals surface area contributed by atoms with Crippen molar-refractivity contribution in [2.75, 3.05) is 26.2 Å². The summed E-state index contributed by atoms with van der Waals surface area (Å²) in [4.78, 5) is 27.8. The van der Waals surface area contributed by atoms with Gasteiger partial charge in [0.2, 0.25) is 0 Å². The molecule has 1 amide bonds. The Morgan fingerprint density at radius 1 is 0.944 bits per heavy atom. The van der Waals surface area contributed by atoms with Crippen molar-refractivity contribution in [3.8, 4) is 17.2 Å². The number of ketones is 1. The first-order valence-corrected chi connectivity index (χ1v) is 11.3. The fraction of sp³-hybridized carbons (Fsp3) is 0.154. The van der Waals surface area contributed by atoms with E-state index in [0.29, 0.717) is 11.3 Å². The summed E-state index contributed by atoms with van der Waals surface area (Å²) in [5.41, 5.74) is 0.457. The van der Waals surface area contributed by atoms with Gasteiger partial charge in [-0.05, 0) is 48.0 Å². The first kappa shape index (κ1) is 25.3. The molecule has 1 saturated heterocycles. The summed E-state index contributed by atoms with van der Waals surface area (Å²) in [6.07, 6.45) is 0. The highest BCUT2D eigenvalue weighted by molar-refractivity contribution is 6.52. The van der Waals surface area contributed by atoms with Crippen LogP contribution in [-0.4, -0.2) is 38.1 Å². The van der Waals surface area contributed by atoms with E-state index in [9.17, 15) is 19.1 Å². The minimum Gasteiger partial charge on any atom is -0.507 e. The van der Waals surface area contributed by atoms with Crippen molar-refractivity contribution < 1.29 is 33.3 Å². The van der Waals surface area contributed by atoms with Crippen molar-refractivity contribution in [3.05, 3.63) is 87.2 Å². The molecular weight excluding hydrogens is 512 g/mol. The second-order valence-corrected chi connectivity index (χ2v) is 8.49. The van der Waals surface area contributed by atoms with Gasteiger partial charge in [-0.1, -0.05) is 35.3 Å². The third-order valence-electron chi connectivity index (χ3n) is 5.75. The minimum atomic E-state index is -1.09. The topological polar surface area (TPSA) is 85.3 Å². The molecule has 0 bridgehead atoms. The summed E-state index contributed by atoms with van der Waals surface area (Å²) in [6, 6.07) is 12.0. The SMILES string of the molecule is COc1cccc(C2/C(=C(\O)c3cc(Cl)c(OC)c(Cl)c3OC)C(=O)C(=O)N2c2ccc(F)cc2)c1. The van der Waals surface area contributed by atoms with Crippen LogP contribution in [0, 0.1) is 5.82 Å². The molecule has 10 heteroatoms. The van der Waals surface area contributed by atoms with E-state index in [1.54, 1.807) is 24.3 Å². The maximum Gasteiger partial charge on any atom is 0.300 e. The number of hydrogen-bond donors (Lipinski definition) is 1. The van der Waals surface area contributed by atoms with Gasteiger partial charge in [0, 0.05) is 5.69 Å². The molecule has 0 radical (unpaired) electrons. The van der Waals surface area contributed by atoms with E-state index < -0.39 is 29.3 Å². The number of carbonyl (C=O) groups excluding carboxylic acids is 2.